The molecule has 0 bridgehead atoms. The van der Waals surface area contributed by atoms with Gasteiger partial charge in [0.05, 0.1) is 16.3 Å². The van der Waals surface area contributed by atoms with E-state index in [-0.39, 0.29) is 18.1 Å². The Bertz CT molecular complexity index is 1310. The molecule has 4 aromatic rings. The molecule has 0 radical (unpaired) electrons. The topological polar surface area (TPSA) is 108 Å². The lowest BCUT2D eigenvalue weighted by Crippen LogP contribution is -2.20. The van der Waals surface area contributed by atoms with E-state index in [4.69, 9.17) is 5.10 Å². The van der Waals surface area contributed by atoms with Gasteiger partial charge in [-0.1, -0.05) is 30.3 Å². The Balaban J connectivity index is 1.45. The molecule has 0 fully saturated rings. The van der Waals surface area contributed by atoms with E-state index in [2.05, 4.69) is 28.6 Å². The number of aromatic nitrogens is 4. The number of benzene rings is 2. The number of carbonyl (C=O) groups is 1. The van der Waals surface area contributed by atoms with Crippen molar-refractivity contribution in [1.82, 2.24) is 19.6 Å². The Morgan fingerprint density at radius 1 is 1.09 bits per heavy atom. The van der Waals surface area contributed by atoms with Crippen LogP contribution < -0.4 is 5.32 Å². The van der Waals surface area contributed by atoms with E-state index in [0.717, 1.165) is 36.0 Å². The molecule has 9 heteroatoms. The van der Waals surface area contributed by atoms with Gasteiger partial charge in [-0.3, -0.25) is 19.6 Å². The highest BCUT2D eigenvalue weighted by atomic mass is 16.6. The summed E-state index contributed by atoms with van der Waals surface area (Å²) in [4.78, 5) is 23.0. The maximum Gasteiger partial charge on any atom is 0.307 e. The third kappa shape index (κ3) is 3.87. The number of anilines is 1. The highest BCUT2D eigenvalue weighted by molar-refractivity contribution is 5.90. The Morgan fingerprint density at radius 3 is 2.69 bits per heavy atom. The standard InChI is InChI=1S/C23H20N6O3/c30-23(15-27-14-20(13-24-27)29(31)32)25-22-12-21(26-28(22)19-7-2-1-3-8-19)18-10-9-16-5-4-6-17(16)11-18/h1-3,7-14H,4-6,15H2,(H,25,30). The smallest absolute Gasteiger partial charge is 0.307 e. The summed E-state index contributed by atoms with van der Waals surface area (Å²) in [5.41, 5.74) is 5.14. The van der Waals surface area contributed by atoms with Crippen LogP contribution in [0, 0.1) is 10.1 Å². The lowest BCUT2D eigenvalue weighted by molar-refractivity contribution is -0.385. The van der Waals surface area contributed by atoms with Crippen molar-refractivity contribution in [2.24, 2.45) is 0 Å². The van der Waals surface area contributed by atoms with Gasteiger partial charge in [0.2, 0.25) is 5.91 Å². The SMILES string of the molecule is O=C(Cn1cc([N+](=O)[O-])cn1)Nc1cc(-c2ccc3c(c2)CCC3)nn1-c1ccccc1. The quantitative estimate of drug-likeness (QED) is 0.371. The van der Waals surface area contributed by atoms with Crippen molar-refractivity contribution in [3.63, 3.8) is 0 Å². The summed E-state index contributed by atoms with van der Waals surface area (Å²) in [6.45, 7) is -0.151. The fourth-order valence-corrected chi connectivity index (χ4v) is 3.97. The molecule has 9 nitrogen and oxygen atoms in total. The molecular weight excluding hydrogens is 408 g/mol. The average molecular weight is 428 g/mol. The molecule has 5 rings (SSSR count). The molecular formula is C23H20N6O3. The van der Waals surface area contributed by atoms with E-state index >= 15 is 0 Å². The molecule has 0 atom stereocenters. The number of rotatable bonds is 6. The molecule has 0 saturated heterocycles. The first-order valence-corrected chi connectivity index (χ1v) is 10.3. The number of amides is 1. The van der Waals surface area contributed by atoms with Crippen LogP contribution in [0.25, 0.3) is 16.9 Å². The van der Waals surface area contributed by atoms with Crippen molar-refractivity contribution in [2.75, 3.05) is 5.32 Å². The van der Waals surface area contributed by atoms with Crippen LogP contribution in [-0.2, 0) is 24.2 Å². The van der Waals surface area contributed by atoms with Gasteiger partial charge in [0.1, 0.15) is 24.8 Å². The molecule has 2 aromatic heterocycles. The summed E-state index contributed by atoms with van der Waals surface area (Å²) in [7, 11) is 0. The zero-order valence-electron chi connectivity index (χ0n) is 17.1. The van der Waals surface area contributed by atoms with Crippen molar-refractivity contribution < 1.29 is 9.72 Å². The van der Waals surface area contributed by atoms with Gasteiger partial charge < -0.3 is 5.32 Å². The predicted molar refractivity (Wildman–Crippen MR) is 119 cm³/mol. The first-order valence-electron chi connectivity index (χ1n) is 10.3. The third-order valence-corrected chi connectivity index (χ3v) is 5.51. The number of fused-ring (bicyclic) bond motifs is 1. The van der Waals surface area contributed by atoms with E-state index in [9.17, 15) is 14.9 Å². The van der Waals surface area contributed by atoms with E-state index in [1.807, 2.05) is 36.4 Å². The summed E-state index contributed by atoms with van der Waals surface area (Å²) in [6, 6.07) is 17.8. The van der Waals surface area contributed by atoms with Crippen LogP contribution in [0.5, 0.6) is 0 Å². The number of nitro groups is 1. The number of aryl methyl sites for hydroxylation is 2. The minimum absolute atomic E-state index is 0.151. The van der Waals surface area contributed by atoms with Crippen LogP contribution in [0.4, 0.5) is 11.5 Å². The lowest BCUT2D eigenvalue weighted by atomic mass is 10.0. The van der Waals surface area contributed by atoms with Crippen molar-refractivity contribution >= 4 is 17.4 Å². The highest BCUT2D eigenvalue weighted by Gasteiger charge is 2.17. The number of hydrogen-bond acceptors (Lipinski definition) is 5. The fraction of sp³-hybridized carbons (Fsp3) is 0.174. The van der Waals surface area contributed by atoms with Gasteiger partial charge in [-0.2, -0.15) is 10.2 Å². The van der Waals surface area contributed by atoms with E-state index in [1.54, 1.807) is 4.68 Å². The molecule has 1 aliphatic rings. The van der Waals surface area contributed by atoms with Crippen LogP contribution in [-0.4, -0.2) is 30.4 Å². The molecule has 160 valence electrons. The van der Waals surface area contributed by atoms with Crippen LogP contribution in [0.15, 0.2) is 67.0 Å². The highest BCUT2D eigenvalue weighted by Crippen LogP contribution is 2.30. The van der Waals surface area contributed by atoms with Gasteiger partial charge in [-0.25, -0.2) is 4.68 Å². The predicted octanol–water partition coefficient (Wildman–Crippen LogP) is 3.77. The monoisotopic (exact) mass is 428 g/mol. The van der Waals surface area contributed by atoms with Crippen LogP contribution in [0.2, 0.25) is 0 Å². The van der Waals surface area contributed by atoms with E-state index in [0.29, 0.717) is 5.82 Å². The van der Waals surface area contributed by atoms with Crippen LogP contribution in [0.1, 0.15) is 17.5 Å². The van der Waals surface area contributed by atoms with Crippen LogP contribution in [0.3, 0.4) is 0 Å². The summed E-state index contributed by atoms with van der Waals surface area (Å²) in [6.07, 6.45) is 5.70. The summed E-state index contributed by atoms with van der Waals surface area (Å²) in [5.74, 6) is 0.152. The number of nitrogens with one attached hydrogen (secondary N) is 1. The van der Waals surface area contributed by atoms with Gasteiger partial charge in [0.25, 0.3) is 0 Å². The second-order valence-electron chi connectivity index (χ2n) is 7.70. The Hall–Kier alpha value is -4.27. The lowest BCUT2D eigenvalue weighted by Gasteiger charge is -2.08. The van der Waals surface area contributed by atoms with Crippen molar-refractivity contribution in [1.29, 1.82) is 0 Å². The van der Waals surface area contributed by atoms with Gasteiger partial charge in [0, 0.05) is 11.6 Å². The Labute approximate surface area is 183 Å². The molecule has 0 unspecified atom stereocenters. The van der Waals surface area contributed by atoms with Gasteiger partial charge in [0.15, 0.2) is 0 Å². The molecule has 1 aliphatic carbocycles. The maximum atomic E-state index is 12.7. The number of para-hydroxylation sites is 1. The van der Waals surface area contributed by atoms with E-state index in [1.165, 1.54) is 28.4 Å². The molecule has 0 spiro atoms. The molecule has 0 aliphatic heterocycles. The average Bonchev–Trinajstić information content (AvgIpc) is 3.53. The number of carbonyl (C=O) groups excluding carboxylic acids is 1. The van der Waals surface area contributed by atoms with Crippen molar-refractivity contribution in [3.05, 3.63) is 88.2 Å². The summed E-state index contributed by atoms with van der Waals surface area (Å²) < 4.78 is 2.92. The second kappa shape index (κ2) is 8.10. The van der Waals surface area contributed by atoms with Crippen molar-refractivity contribution in [3.8, 4) is 16.9 Å². The molecule has 2 aromatic carbocycles. The Morgan fingerprint density at radius 2 is 1.91 bits per heavy atom. The molecule has 1 N–H and O–H groups in total. The Kier molecular flexibility index (Phi) is 4.98. The largest absolute Gasteiger partial charge is 0.309 e. The minimum Gasteiger partial charge on any atom is -0.309 e. The summed E-state index contributed by atoms with van der Waals surface area (Å²) in [5, 5.41) is 22.3. The number of nitrogens with zero attached hydrogens (tertiary/aromatic N) is 5. The first kappa shape index (κ1) is 19.7. The van der Waals surface area contributed by atoms with Gasteiger partial charge >= 0.3 is 5.69 Å². The normalized spacial score (nSPS) is 12.5. The third-order valence-electron chi connectivity index (χ3n) is 5.51. The van der Waals surface area contributed by atoms with Crippen LogP contribution >= 0.6 is 0 Å². The first-order chi connectivity index (χ1) is 15.6. The van der Waals surface area contributed by atoms with E-state index < -0.39 is 4.92 Å². The minimum atomic E-state index is -0.547. The number of hydrogen-bond donors (Lipinski definition) is 1. The molecule has 2 heterocycles. The zero-order chi connectivity index (χ0) is 22.1. The maximum absolute atomic E-state index is 12.7. The molecule has 1 amide bonds. The summed E-state index contributed by atoms with van der Waals surface area (Å²) >= 11 is 0. The molecule has 0 saturated carbocycles. The molecule has 32 heavy (non-hydrogen) atoms. The fourth-order valence-electron chi connectivity index (χ4n) is 3.97. The van der Waals surface area contributed by atoms with Gasteiger partial charge in [-0.05, 0) is 48.6 Å². The van der Waals surface area contributed by atoms with Crippen molar-refractivity contribution in [2.45, 2.75) is 25.8 Å². The second-order valence-corrected chi connectivity index (χ2v) is 7.70. The zero-order valence-corrected chi connectivity index (χ0v) is 17.1. The van der Waals surface area contributed by atoms with Gasteiger partial charge in [-0.15, -0.1) is 0 Å².